The largest absolute Gasteiger partial charge is 0.496 e. The number of anilines is 1. The van der Waals surface area contributed by atoms with Crippen molar-refractivity contribution < 1.29 is 19.0 Å². The van der Waals surface area contributed by atoms with Gasteiger partial charge in [0.15, 0.2) is 0 Å². The van der Waals surface area contributed by atoms with E-state index in [-0.39, 0.29) is 18.3 Å². The molecule has 0 aliphatic carbocycles. The molecular formula is C19H25ClN2O4. The summed E-state index contributed by atoms with van der Waals surface area (Å²) < 4.78 is 16.1. The van der Waals surface area contributed by atoms with Gasteiger partial charge in [0, 0.05) is 30.4 Å². The molecule has 26 heavy (non-hydrogen) atoms. The van der Waals surface area contributed by atoms with Crippen LogP contribution in [-0.4, -0.2) is 33.3 Å². The van der Waals surface area contributed by atoms with Crippen molar-refractivity contribution in [3.63, 3.8) is 0 Å². The predicted octanol–water partition coefficient (Wildman–Crippen LogP) is 2.84. The van der Waals surface area contributed by atoms with Crippen LogP contribution in [0.5, 0.6) is 17.2 Å². The van der Waals surface area contributed by atoms with Crippen molar-refractivity contribution in [2.24, 2.45) is 0 Å². The molecule has 1 amide bonds. The van der Waals surface area contributed by atoms with Crippen LogP contribution in [0.15, 0.2) is 42.5 Å². The van der Waals surface area contributed by atoms with Crippen LogP contribution in [-0.2, 0) is 11.2 Å². The van der Waals surface area contributed by atoms with Crippen molar-refractivity contribution in [1.82, 2.24) is 5.32 Å². The summed E-state index contributed by atoms with van der Waals surface area (Å²) in [5, 5.41) is 2.88. The first kappa shape index (κ1) is 21.4. The van der Waals surface area contributed by atoms with Crippen LogP contribution in [0.1, 0.15) is 12.0 Å². The van der Waals surface area contributed by atoms with Crippen LogP contribution < -0.4 is 25.3 Å². The quantitative estimate of drug-likeness (QED) is 0.516. The van der Waals surface area contributed by atoms with E-state index < -0.39 is 0 Å². The van der Waals surface area contributed by atoms with Gasteiger partial charge in [-0.2, -0.15) is 0 Å². The Morgan fingerprint density at radius 3 is 2.15 bits per heavy atom. The normalized spacial score (nSPS) is 9.77. The van der Waals surface area contributed by atoms with Gasteiger partial charge in [-0.05, 0) is 24.1 Å². The maximum Gasteiger partial charge on any atom is 0.224 e. The lowest BCUT2D eigenvalue weighted by Crippen LogP contribution is -2.27. The molecule has 0 bridgehead atoms. The lowest BCUT2D eigenvalue weighted by atomic mass is 10.1. The summed E-state index contributed by atoms with van der Waals surface area (Å²) in [5.74, 6) is 1.99. The fourth-order valence-corrected chi connectivity index (χ4v) is 2.24. The highest BCUT2D eigenvalue weighted by Gasteiger charge is 2.04. The summed E-state index contributed by atoms with van der Waals surface area (Å²) in [6, 6.07) is 12.7. The summed E-state index contributed by atoms with van der Waals surface area (Å²) in [6.07, 6.45) is 1.04. The number of ether oxygens (including phenoxy) is 3. The molecule has 6 nitrogen and oxygen atoms in total. The van der Waals surface area contributed by atoms with Crippen molar-refractivity contribution in [3.05, 3.63) is 48.0 Å². The molecule has 0 spiro atoms. The first-order chi connectivity index (χ1) is 12.1. The van der Waals surface area contributed by atoms with E-state index in [1.54, 1.807) is 44.6 Å². The molecule has 0 unspecified atom stereocenters. The van der Waals surface area contributed by atoms with Crippen LogP contribution in [0.25, 0.3) is 0 Å². The molecule has 2 aromatic carbocycles. The summed E-state index contributed by atoms with van der Waals surface area (Å²) in [7, 11) is 3.18. The Morgan fingerprint density at radius 2 is 1.58 bits per heavy atom. The lowest BCUT2D eigenvalue weighted by Gasteiger charge is -2.10. The smallest absolute Gasteiger partial charge is 0.224 e. The SMILES string of the molecule is COc1cc(OC)cc(OCCCNC(=O)Cc2ccc(N)cc2)c1.Cl. The van der Waals surface area contributed by atoms with Gasteiger partial charge in [0.1, 0.15) is 17.2 Å². The van der Waals surface area contributed by atoms with Gasteiger partial charge in [0.25, 0.3) is 0 Å². The van der Waals surface area contributed by atoms with Gasteiger partial charge in [0.2, 0.25) is 5.91 Å². The van der Waals surface area contributed by atoms with E-state index in [1.165, 1.54) is 0 Å². The van der Waals surface area contributed by atoms with E-state index >= 15 is 0 Å². The molecule has 0 heterocycles. The molecule has 0 radical (unpaired) electrons. The minimum Gasteiger partial charge on any atom is -0.496 e. The number of benzene rings is 2. The molecule has 142 valence electrons. The summed E-state index contributed by atoms with van der Waals surface area (Å²) in [4.78, 5) is 11.9. The van der Waals surface area contributed by atoms with Crippen LogP contribution in [0.3, 0.4) is 0 Å². The zero-order valence-electron chi connectivity index (χ0n) is 15.0. The van der Waals surface area contributed by atoms with Crippen molar-refractivity contribution in [1.29, 1.82) is 0 Å². The van der Waals surface area contributed by atoms with E-state index in [1.807, 2.05) is 12.1 Å². The molecule has 0 saturated heterocycles. The first-order valence-electron chi connectivity index (χ1n) is 8.07. The lowest BCUT2D eigenvalue weighted by molar-refractivity contribution is -0.120. The molecule has 2 rings (SSSR count). The summed E-state index contributed by atoms with van der Waals surface area (Å²) >= 11 is 0. The number of methoxy groups -OCH3 is 2. The van der Waals surface area contributed by atoms with Crippen molar-refractivity contribution in [3.8, 4) is 17.2 Å². The molecule has 0 atom stereocenters. The van der Waals surface area contributed by atoms with Gasteiger partial charge in [-0.1, -0.05) is 12.1 Å². The summed E-state index contributed by atoms with van der Waals surface area (Å²) in [5.41, 5.74) is 7.25. The van der Waals surface area contributed by atoms with Gasteiger partial charge >= 0.3 is 0 Å². The molecule has 3 N–H and O–H groups in total. The number of halogens is 1. The minimum absolute atomic E-state index is 0. The van der Waals surface area contributed by atoms with E-state index in [2.05, 4.69) is 5.32 Å². The van der Waals surface area contributed by atoms with Crippen LogP contribution >= 0.6 is 12.4 Å². The molecular weight excluding hydrogens is 356 g/mol. The number of nitrogen functional groups attached to an aromatic ring is 1. The molecule has 0 saturated carbocycles. The van der Waals surface area contributed by atoms with Crippen molar-refractivity contribution in [2.75, 3.05) is 33.1 Å². The predicted molar refractivity (Wildman–Crippen MR) is 104 cm³/mol. The maximum atomic E-state index is 11.9. The van der Waals surface area contributed by atoms with Crippen LogP contribution in [0.2, 0.25) is 0 Å². The van der Waals surface area contributed by atoms with Crippen LogP contribution in [0.4, 0.5) is 5.69 Å². The average molecular weight is 381 g/mol. The number of rotatable bonds is 9. The molecule has 0 fully saturated rings. The minimum atomic E-state index is -0.0205. The second-order valence-electron chi connectivity index (χ2n) is 5.52. The zero-order chi connectivity index (χ0) is 18.1. The number of carbonyl (C=O) groups excluding carboxylic acids is 1. The highest BCUT2D eigenvalue weighted by Crippen LogP contribution is 2.27. The Balaban J connectivity index is 0.00000338. The van der Waals surface area contributed by atoms with Gasteiger partial charge < -0.3 is 25.3 Å². The number of hydrogen-bond acceptors (Lipinski definition) is 5. The third-order valence-electron chi connectivity index (χ3n) is 3.58. The van der Waals surface area contributed by atoms with Gasteiger partial charge in [-0.25, -0.2) is 0 Å². The Morgan fingerprint density at radius 1 is 1.00 bits per heavy atom. The van der Waals surface area contributed by atoms with Crippen molar-refractivity contribution in [2.45, 2.75) is 12.8 Å². The highest BCUT2D eigenvalue weighted by atomic mass is 35.5. The molecule has 0 aromatic heterocycles. The molecule has 0 aliphatic rings. The second-order valence-corrected chi connectivity index (χ2v) is 5.52. The molecule has 2 aromatic rings. The topological polar surface area (TPSA) is 82.8 Å². The fraction of sp³-hybridized carbons (Fsp3) is 0.316. The Hall–Kier alpha value is -2.60. The number of hydrogen-bond donors (Lipinski definition) is 2. The number of nitrogens with one attached hydrogen (secondary N) is 1. The van der Waals surface area contributed by atoms with E-state index in [4.69, 9.17) is 19.9 Å². The standard InChI is InChI=1S/C19H24N2O4.ClH/c1-23-16-11-17(24-2)13-18(12-16)25-9-3-8-21-19(22)10-14-4-6-15(20)7-5-14;/h4-7,11-13H,3,8-10,20H2,1-2H3,(H,21,22);1H. The van der Waals surface area contributed by atoms with E-state index in [0.29, 0.717) is 48.9 Å². The van der Waals surface area contributed by atoms with E-state index in [0.717, 1.165) is 5.56 Å². The van der Waals surface area contributed by atoms with Gasteiger partial charge in [0.05, 0.1) is 27.2 Å². The maximum absolute atomic E-state index is 11.9. The number of amides is 1. The monoisotopic (exact) mass is 380 g/mol. The fourth-order valence-electron chi connectivity index (χ4n) is 2.24. The van der Waals surface area contributed by atoms with Gasteiger partial charge in [-0.15, -0.1) is 12.4 Å². The van der Waals surface area contributed by atoms with E-state index in [9.17, 15) is 4.79 Å². The molecule has 0 aliphatic heterocycles. The Kier molecular flexibility index (Phi) is 9.15. The third kappa shape index (κ3) is 7.11. The zero-order valence-corrected chi connectivity index (χ0v) is 15.8. The number of nitrogens with two attached hydrogens (primary N) is 1. The van der Waals surface area contributed by atoms with Crippen molar-refractivity contribution >= 4 is 24.0 Å². The first-order valence-corrected chi connectivity index (χ1v) is 8.07. The molecule has 7 heteroatoms. The average Bonchev–Trinajstić information content (AvgIpc) is 2.63. The Labute approximate surface area is 160 Å². The van der Waals surface area contributed by atoms with Gasteiger partial charge in [-0.3, -0.25) is 4.79 Å². The third-order valence-corrected chi connectivity index (χ3v) is 3.58. The Bertz CT molecular complexity index is 670. The second kappa shape index (κ2) is 11.1. The van der Waals surface area contributed by atoms with Crippen LogP contribution in [0, 0.1) is 0 Å². The summed E-state index contributed by atoms with van der Waals surface area (Å²) in [6.45, 7) is 1.04. The highest BCUT2D eigenvalue weighted by molar-refractivity contribution is 5.85. The number of carbonyl (C=O) groups is 1.